The third kappa shape index (κ3) is 3.08. The van der Waals surface area contributed by atoms with Crippen molar-refractivity contribution in [2.45, 2.75) is 38.4 Å². The van der Waals surface area contributed by atoms with Gasteiger partial charge in [-0.1, -0.05) is 18.2 Å². The number of hydrogen-bond donors (Lipinski definition) is 0. The average Bonchev–Trinajstić information content (AvgIpc) is 3.44. The smallest absolute Gasteiger partial charge is 0.147 e. The van der Waals surface area contributed by atoms with Crippen LogP contribution in [0.15, 0.2) is 48.8 Å². The number of fused-ring (bicyclic) bond motifs is 1. The first-order chi connectivity index (χ1) is 12.9. The molecule has 3 aromatic rings. The maximum Gasteiger partial charge on any atom is 0.147 e. The molecule has 1 aromatic carbocycles. The summed E-state index contributed by atoms with van der Waals surface area (Å²) in [6.45, 7) is 3.65. The zero-order valence-corrected chi connectivity index (χ0v) is 14.6. The number of rotatable bonds is 5. The SMILES string of the molecule is c1cncc(Oc2ccccc2CN2CCn3c(nnc3C3CC3)C2)c1. The molecule has 3 heterocycles. The second-order valence-electron chi connectivity index (χ2n) is 7.01. The highest BCUT2D eigenvalue weighted by molar-refractivity contribution is 5.37. The Morgan fingerprint density at radius 3 is 2.81 bits per heavy atom. The maximum atomic E-state index is 6.04. The number of para-hydroxylation sites is 1. The quantitative estimate of drug-likeness (QED) is 0.708. The lowest BCUT2D eigenvalue weighted by atomic mass is 10.1. The van der Waals surface area contributed by atoms with E-state index < -0.39 is 0 Å². The molecule has 0 saturated heterocycles. The Labute approximate surface area is 152 Å². The molecule has 0 amide bonds. The minimum absolute atomic E-state index is 0.649. The monoisotopic (exact) mass is 347 g/mol. The first kappa shape index (κ1) is 15.5. The molecule has 6 heteroatoms. The molecule has 0 spiro atoms. The van der Waals surface area contributed by atoms with Gasteiger partial charge >= 0.3 is 0 Å². The Kier molecular flexibility index (Phi) is 3.90. The van der Waals surface area contributed by atoms with E-state index in [-0.39, 0.29) is 0 Å². The molecule has 1 fully saturated rings. The number of hydrogen-bond acceptors (Lipinski definition) is 5. The fraction of sp³-hybridized carbons (Fsp3) is 0.350. The summed E-state index contributed by atoms with van der Waals surface area (Å²) in [6.07, 6.45) is 6.01. The minimum atomic E-state index is 0.649. The molecule has 0 radical (unpaired) electrons. The summed E-state index contributed by atoms with van der Waals surface area (Å²) in [4.78, 5) is 6.53. The fourth-order valence-corrected chi connectivity index (χ4v) is 3.52. The third-order valence-corrected chi connectivity index (χ3v) is 5.03. The van der Waals surface area contributed by atoms with Crippen LogP contribution < -0.4 is 4.74 Å². The van der Waals surface area contributed by atoms with Gasteiger partial charge in [-0.05, 0) is 31.0 Å². The first-order valence-electron chi connectivity index (χ1n) is 9.17. The van der Waals surface area contributed by atoms with Crippen molar-refractivity contribution in [1.82, 2.24) is 24.6 Å². The van der Waals surface area contributed by atoms with E-state index in [1.165, 1.54) is 24.2 Å². The molecule has 6 nitrogen and oxygen atoms in total. The van der Waals surface area contributed by atoms with Crippen LogP contribution >= 0.6 is 0 Å². The molecule has 1 aliphatic heterocycles. The van der Waals surface area contributed by atoms with Crippen LogP contribution in [0.3, 0.4) is 0 Å². The number of benzene rings is 1. The second kappa shape index (κ2) is 6.53. The van der Waals surface area contributed by atoms with E-state index in [0.29, 0.717) is 5.92 Å². The molecule has 0 bridgehead atoms. The van der Waals surface area contributed by atoms with Gasteiger partial charge in [-0.3, -0.25) is 9.88 Å². The molecule has 0 N–H and O–H groups in total. The van der Waals surface area contributed by atoms with Gasteiger partial charge in [0, 0.05) is 37.3 Å². The third-order valence-electron chi connectivity index (χ3n) is 5.03. The van der Waals surface area contributed by atoms with Gasteiger partial charge in [-0.2, -0.15) is 0 Å². The van der Waals surface area contributed by atoms with Gasteiger partial charge in [0.05, 0.1) is 12.7 Å². The standard InChI is InChI=1S/C20H21N5O/c1-2-6-18(26-17-5-3-9-21-12-17)16(4-1)13-24-10-11-25-19(14-24)22-23-20(25)15-7-8-15/h1-6,9,12,15H,7-8,10-11,13-14H2. The Morgan fingerprint density at radius 2 is 1.96 bits per heavy atom. The summed E-state index contributed by atoms with van der Waals surface area (Å²) < 4.78 is 8.37. The van der Waals surface area contributed by atoms with Gasteiger partial charge in [0.25, 0.3) is 0 Å². The van der Waals surface area contributed by atoms with E-state index in [1.807, 2.05) is 24.3 Å². The second-order valence-corrected chi connectivity index (χ2v) is 7.01. The van der Waals surface area contributed by atoms with E-state index in [4.69, 9.17) is 4.74 Å². The van der Waals surface area contributed by atoms with Gasteiger partial charge in [0.2, 0.25) is 0 Å². The number of aromatic nitrogens is 4. The number of ether oxygens (including phenoxy) is 1. The summed E-state index contributed by atoms with van der Waals surface area (Å²) >= 11 is 0. The average molecular weight is 347 g/mol. The summed E-state index contributed by atoms with van der Waals surface area (Å²) in [7, 11) is 0. The molecule has 26 heavy (non-hydrogen) atoms. The van der Waals surface area contributed by atoms with Crippen molar-refractivity contribution < 1.29 is 4.74 Å². The van der Waals surface area contributed by atoms with Crippen molar-refractivity contribution in [1.29, 1.82) is 0 Å². The molecule has 1 aliphatic carbocycles. The van der Waals surface area contributed by atoms with Crippen molar-refractivity contribution in [3.63, 3.8) is 0 Å². The highest BCUT2D eigenvalue weighted by Crippen LogP contribution is 2.39. The first-order valence-corrected chi connectivity index (χ1v) is 9.17. The zero-order valence-electron chi connectivity index (χ0n) is 14.6. The largest absolute Gasteiger partial charge is 0.455 e. The molecule has 132 valence electrons. The predicted molar refractivity (Wildman–Crippen MR) is 96.9 cm³/mol. The van der Waals surface area contributed by atoms with E-state index in [2.05, 4.69) is 36.8 Å². The van der Waals surface area contributed by atoms with Crippen LogP contribution in [0.25, 0.3) is 0 Å². The maximum absolute atomic E-state index is 6.04. The van der Waals surface area contributed by atoms with E-state index in [9.17, 15) is 0 Å². The van der Waals surface area contributed by atoms with Crippen LogP contribution in [-0.2, 0) is 19.6 Å². The zero-order chi connectivity index (χ0) is 17.3. The normalized spacial score (nSPS) is 17.1. The van der Waals surface area contributed by atoms with Gasteiger partial charge in [0.15, 0.2) is 0 Å². The molecular formula is C20H21N5O. The predicted octanol–water partition coefficient (Wildman–Crippen LogP) is 3.36. The van der Waals surface area contributed by atoms with Crippen LogP contribution in [0.1, 0.15) is 36.0 Å². The van der Waals surface area contributed by atoms with Crippen LogP contribution in [0, 0.1) is 0 Å². The molecule has 1 saturated carbocycles. The highest BCUT2D eigenvalue weighted by Gasteiger charge is 2.32. The van der Waals surface area contributed by atoms with Crippen LogP contribution in [-0.4, -0.2) is 31.2 Å². The van der Waals surface area contributed by atoms with Crippen molar-refractivity contribution in [2.24, 2.45) is 0 Å². The summed E-state index contributed by atoms with van der Waals surface area (Å²) in [6, 6.07) is 12.0. The van der Waals surface area contributed by atoms with Gasteiger partial charge in [-0.15, -0.1) is 10.2 Å². The minimum Gasteiger partial charge on any atom is -0.455 e. The Morgan fingerprint density at radius 1 is 1.04 bits per heavy atom. The van der Waals surface area contributed by atoms with Crippen LogP contribution in [0.4, 0.5) is 0 Å². The molecule has 0 atom stereocenters. The van der Waals surface area contributed by atoms with E-state index in [1.54, 1.807) is 12.4 Å². The molecule has 5 rings (SSSR count). The molecular weight excluding hydrogens is 326 g/mol. The topological polar surface area (TPSA) is 56.1 Å². The Bertz CT molecular complexity index is 904. The molecule has 2 aromatic heterocycles. The van der Waals surface area contributed by atoms with E-state index >= 15 is 0 Å². The van der Waals surface area contributed by atoms with Crippen molar-refractivity contribution >= 4 is 0 Å². The van der Waals surface area contributed by atoms with Gasteiger partial charge < -0.3 is 9.30 Å². The lowest BCUT2D eigenvalue weighted by molar-refractivity contribution is 0.205. The number of pyridine rings is 1. The lowest BCUT2D eigenvalue weighted by Crippen LogP contribution is -2.34. The summed E-state index contributed by atoms with van der Waals surface area (Å²) in [5.74, 6) is 4.57. The Balaban J connectivity index is 1.32. The lowest BCUT2D eigenvalue weighted by Gasteiger charge is -2.28. The van der Waals surface area contributed by atoms with Crippen LogP contribution in [0.2, 0.25) is 0 Å². The summed E-state index contributed by atoms with van der Waals surface area (Å²) in [5.41, 5.74) is 1.17. The number of nitrogens with zero attached hydrogens (tertiary/aromatic N) is 5. The van der Waals surface area contributed by atoms with E-state index in [0.717, 1.165) is 43.5 Å². The molecule has 2 aliphatic rings. The van der Waals surface area contributed by atoms with Crippen LogP contribution in [0.5, 0.6) is 11.5 Å². The highest BCUT2D eigenvalue weighted by atomic mass is 16.5. The van der Waals surface area contributed by atoms with Gasteiger partial charge in [0.1, 0.15) is 23.1 Å². The van der Waals surface area contributed by atoms with Crippen molar-refractivity contribution in [3.8, 4) is 11.5 Å². The summed E-state index contributed by atoms with van der Waals surface area (Å²) in [5, 5.41) is 8.86. The molecule has 0 unspecified atom stereocenters. The fourth-order valence-electron chi connectivity index (χ4n) is 3.52. The van der Waals surface area contributed by atoms with Gasteiger partial charge in [-0.25, -0.2) is 0 Å². The van der Waals surface area contributed by atoms with Crippen molar-refractivity contribution in [3.05, 3.63) is 66.0 Å². The van der Waals surface area contributed by atoms with Crippen molar-refractivity contribution in [2.75, 3.05) is 6.54 Å². The Hall–Kier alpha value is -2.73.